The molecule has 1 aliphatic heterocycles. The first-order chi connectivity index (χ1) is 9.73. The molecule has 0 bridgehead atoms. The van der Waals surface area contributed by atoms with Crippen LogP contribution in [0.25, 0.3) is 0 Å². The first-order valence-electron chi connectivity index (χ1n) is 5.97. The van der Waals surface area contributed by atoms with Crippen molar-refractivity contribution in [3.63, 3.8) is 0 Å². The predicted molar refractivity (Wildman–Crippen MR) is 76.4 cm³/mol. The van der Waals surface area contributed by atoms with Gasteiger partial charge in [-0.25, -0.2) is 13.2 Å². The first kappa shape index (κ1) is 16.2. The smallest absolute Gasteiger partial charge is 0.337 e. The van der Waals surface area contributed by atoms with E-state index in [0.717, 1.165) is 16.4 Å². The zero-order chi connectivity index (χ0) is 15.8. The number of hydrogen-bond acceptors (Lipinski definition) is 4. The number of aromatic carboxylic acids is 1. The number of carbonyl (C=O) groups excluding carboxylic acids is 1. The van der Waals surface area contributed by atoms with E-state index in [9.17, 15) is 18.0 Å². The Kier molecular flexibility index (Phi) is 4.57. The van der Waals surface area contributed by atoms with Crippen LogP contribution in [-0.2, 0) is 14.8 Å². The van der Waals surface area contributed by atoms with Gasteiger partial charge >= 0.3 is 5.97 Å². The Morgan fingerprint density at radius 1 is 1.14 bits per heavy atom. The average Bonchev–Trinajstić information content (AvgIpc) is 2.38. The van der Waals surface area contributed by atoms with Gasteiger partial charge in [-0.2, -0.15) is 4.31 Å². The van der Waals surface area contributed by atoms with Crippen LogP contribution in [0.1, 0.15) is 23.2 Å². The molecule has 21 heavy (non-hydrogen) atoms. The maximum Gasteiger partial charge on any atom is 0.337 e. The minimum Gasteiger partial charge on any atom is -0.478 e. The molecule has 1 aromatic carbocycles. The van der Waals surface area contributed by atoms with Gasteiger partial charge in [0.1, 0.15) is 10.7 Å². The van der Waals surface area contributed by atoms with Gasteiger partial charge in [0.2, 0.25) is 10.0 Å². The molecule has 1 aliphatic rings. The van der Waals surface area contributed by atoms with Crippen molar-refractivity contribution in [3.8, 4) is 0 Å². The van der Waals surface area contributed by atoms with Crippen molar-refractivity contribution in [1.82, 2.24) is 4.31 Å². The van der Waals surface area contributed by atoms with Gasteiger partial charge in [-0.1, -0.05) is 23.2 Å². The number of sulfonamides is 1. The number of hydrogen-bond donors (Lipinski definition) is 1. The highest BCUT2D eigenvalue weighted by molar-refractivity contribution is 7.89. The summed E-state index contributed by atoms with van der Waals surface area (Å²) in [4.78, 5) is 21.9. The van der Waals surface area contributed by atoms with Crippen LogP contribution in [0.4, 0.5) is 0 Å². The van der Waals surface area contributed by atoms with Crippen molar-refractivity contribution in [1.29, 1.82) is 0 Å². The summed E-state index contributed by atoms with van der Waals surface area (Å²) in [6.07, 6.45) is 0.270. The van der Waals surface area contributed by atoms with Crippen LogP contribution in [0.15, 0.2) is 17.0 Å². The summed E-state index contributed by atoms with van der Waals surface area (Å²) in [5, 5.41) is 8.72. The van der Waals surface area contributed by atoms with Crippen LogP contribution in [0.2, 0.25) is 10.0 Å². The lowest BCUT2D eigenvalue weighted by Crippen LogP contribution is -2.38. The molecular formula is C12H11Cl2NO5S. The highest BCUT2D eigenvalue weighted by Gasteiger charge is 2.31. The fourth-order valence-electron chi connectivity index (χ4n) is 2.01. The molecule has 0 amide bonds. The average molecular weight is 352 g/mol. The van der Waals surface area contributed by atoms with E-state index in [1.165, 1.54) is 0 Å². The molecule has 0 radical (unpaired) electrons. The van der Waals surface area contributed by atoms with Crippen molar-refractivity contribution >= 4 is 45.0 Å². The van der Waals surface area contributed by atoms with Crippen LogP contribution in [0.3, 0.4) is 0 Å². The maximum atomic E-state index is 12.5. The quantitative estimate of drug-likeness (QED) is 0.899. The Hall–Kier alpha value is -1.15. The summed E-state index contributed by atoms with van der Waals surface area (Å²) < 4.78 is 26.1. The molecule has 1 N–H and O–H groups in total. The second-order valence-electron chi connectivity index (χ2n) is 4.51. The summed E-state index contributed by atoms with van der Waals surface area (Å²) in [5.41, 5.74) is -0.340. The van der Waals surface area contributed by atoms with E-state index in [1.54, 1.807) is 0 Å². The lowest BCUT2D eigenvalue weighted by molar-refractivity contribution is -0.120. The number of carboxylic acids is 1. The molecule has 1 saturated heterocycles. The number of Topliss-reactive ketones (excluding diaryl/α,β-unsaturated/α-hetero) is 1. The van der Waals surface area contributed by atoms with Gasteiger partial charge in [0.25, 0.3) is 0 Å². The van der Waals surface area contributed by atoms with E-state index in [0.29, 0.717) is 0 Å². The first-order valence-corrected chi connectivity index (χ1v) is 8.17. The number of nitrogens with zero attached hydrogens (tertiary/aromatic N) is 1. The van der Waals surface area contributed by atoms with Crippen LogP contribution >= 0.6 is 23.2 Å². The van der Waals surface area contributed by atoms with Crippen LogP contribution < -0.4 is 0 Å². The van der Waals surface area contributed by atoms with Crippen molar-refractivity contribution < 1.29 is 23.1 Å². The largest absolute Gasteiger partial charge is 0.478 e. The normalized spacial score (nSPS) is 17.0. The van der Waals surface area contributed by atoms with Crippen molar-refractivity contribution in [2.75, 3.05) is 13.1 Å². The van der Waals surface area contributed by atoms with Gasteiger partial charge in [0, 0.05) is 25.9 Å². The van der Waals surface area contributed by atoms with E-state index < -0.39 is 16.0 Å². The summed E-state index contributed by atoms with van der Waals surface area (Å²) in [7, 11) is -3.96. The molecule has 0 unspecified atom stereocenters. The number of benzene rings is 1. The lowest BCUT2D eigenvalue weighted by Gasteiger charge is -2.25. The summed E-state index contributed by atoms with van der Waals surface area (Å²) in [6.45, 7) is 0.116. The second-order valence-corrected chi connectivity index (χ2v) is 7.23. The summed E-state index contributed by atoms with van der Waals surface area (Å²) in [6, 6.07) is 2.04. The highest BCUT2D eigenvalue weighted by Crippen LogP contribution is 2.31. The van der Waals surface area contributed by atoms with Gasteiger partial charge in [0.05, 0.1) is 15.6 Å². The van der Waals surface area contributed by atoms with Crippen LogP contribution in [0.5, 0.6) is 0 Å². The van der Waals surface area contributed by atoms with E-state index in [-0.39, 0.29) is 52.2 Å². The number of ketones is 1. The van der Waals surface area contributed by atoms with Crippen molar-refractivity contribution in [3.05, 3.63) is 27.7 Å². The lowest BCUT2D eigenvalue weighted by atomic mass is 10.1. The Morgan fingerprint density at radius 2 is 1.71 bits per heavy atom. The zero-order valence-electron chi connectivity index (χ0n) is 10.7. The molecule has 0 spiro atoms. The van der Waals surface area contributed by atoms with Crippen molar-refractivity contribution in [2.24, 2.45) is 0 Å². The molecule has 9 heteroatoms. The number of carbonyl (C=O) groups is 2. The Morgan fingerprint density at radius 3 is 2.24 bits per heavy atom. The van der Waals surface area contributed by atoms with Gasteiger partial charge in [0.15, 0.2) is 0 Å². The maximum absolute atomic E-state index is 12.5. The minimum atomic E-state index is -3.96. The van der Waals surface area contributed by atoms with Gasteiger partial charge in [-0.3, -0.25) is 4.79 Å². The SMILES string of the molecule is O=C1CCN(S(=O)(=O)c2cc(C(=O)O)c(Cl)cc2Cl)CC1. The molecule has 0 saturated carbocycles. The molecule has 0 aromatic heterocycles. The number of piperidine rings is 1. The third kappa shape index (κ3) is 3.21. The molecule has 0 aliphatic carbocycles. The monoisotopic (exact) mass is 351 g/mol. The molecule has 1 heterocycles. The second kappa shape index (κ2) is 5.92. The van der Waals surface area contributed by atoms with E-state index in [4.69, 9.17) is 28.3 Å². The van der Waals surface area contributed by atoms with Gasteiger partial charge in [-0.05, 0) is 12.1 Å². The Bertz CT molecular complexity index is 707. The van der Waals surface area contributed by atoms with Crippen molar-refractivity contribution in [2.45, 2.75) is 17.7 Å². The number of carboxylic acid groups (broad SMARTS) is 1. The zero-order valence-corrected chi connectivity index (χ0v) is 13.0. The molecule has 6 nitrogen and oxygen atoms in total. The Balaban J connectivity index is 2.47. The third-order valence-electron chi connectivity index (χ3n) is 3.15. The molecular weight excluding hydrogens is 341 g/mol. The third-order valence-corrected chi connectivity index (χ3v) is 5.83. The van der Waals surface area contributed by atoms with Gasteiger partial charge < -0.3 is 5.11 Å². The molecule has 0 atom stereocenters. The predicted octanol–water partition coefficient (Wildman–Crippen LogP) is 2.05. The van der Waals surface area contributed by atoms with Crippen LogP contribution in [-0.4, -0.2) is 42.7 Å². The van der Waals surface area contributed by atoms with Gasteiger partial charge in [-0.15, -0.1) is 0 Å². The fraction of sp³-hybridized carbons (Fsp3) is 0.333. The van der Waals surface area contributed by atoms with E-state index in [1.807, 2.05) is 0 Å². The summed E-state index contributed by atoms with van der Waals surface area (Å²) >= 11 is 11.6. The molecule has 2 rings (SSSR count). The Labute approximate surface area is 131 Å². The topological polar surface area (TPSA) is 91.8 Å². The van der Waals surface area contributed by atoms with E-state index >= 15 is 0 Å². The minimum absolute atomic E-state index is 0.00474. The highest BCUT2D eigenvalue weighted by atomic mass is 35.5. The summed E-state index contributed by atoms with van der Waals surface area (Å²) in [5.74, 6) is -1.35. The molecule has 1 aromatic rings. The fourth-order valence-corrected chi connectivity index (χ4v) is 4.28. The molecule has 114 valence electrons. The standard InChI is InChI=1S/C12H11Cl2NO5S/c13-9-6-10(14)11(5-8(9)12(17)18)21(19,20)15-3-1-7(16)2-4-15/h5-6H,1-4H2,(H,17,18). The van der Waals surface area contributed by atoms with E-state index in [2.05, 4.69) is 0 Å². The number of rotatable bonds is 3. The molecule has 1 fully saturated rings. The van der Waals surface area contributed by atoms with Crippen LogP contribution in [0, 0.1) is 0 Å². The number of halogens is 2.